The van der Waals surface area contributed by atoms with Gasteiger partial charge in [0, 0.05) is 68.3 Å². The molecule has 4 N–H and O–H groups in total. The van der Waals surface area contributed by atoms with Crippen LogP contribution in [0.5, 0.6) is 5.75 Å². The van der Waals surface area contributed by atoms with E-state index in [9.17, 15) is 19.2 Å². The molecule has 0 bridgehead atoms. The van der Waals surface area contributed by atoms with E-state index in [-0.39, 0.29) is 47.7 Å². The summed E-state index contributed by atoms with van der Waals surface area (Å²) in [6, 6.07) is 13.5. The second-order valence-electron chi connectivity index (χ2n) is 13.3. The van der Waals surface area contributed by atoms with Gasteiger partial charge in [0.15, 0.2) is 18.2 Å². The maximum absolute atomic E-state index is 12.8. The summed E-state index contributed by atoms with van der Waals surface area (Å²) in [6.45, 7) is 2.60. The third kappa shape index (κ3) is 6.83. The van der Waals surface area contributed by atoms with Crippen LogP contribution in [0.4, 0.5) is 23.1 Å². The molecule has 15 nitrogen and oxygen atoms in total. The van der Waals surface area contributed by atoms with Gasteiger partial charge in [-0.15, -0.1) is 0 Å². The normalized spacial score (nSPS) is 19.1. The zero-order valence-corrected chi connectivity index (χ0v) is 30.0. The van der Waals surface area contributed by atoms with Gasteiger partial charge in [0.1, 0.15) is 5.02 Å². The van der Waals surface area contributed by atoms with Gasteiger partial charge in [-0.3, -0.25) is 29.2 Å². The third-order valence-electron chi connectivity index (χ3n) is 9.78. The lowest BCUT2D eigenvalue weighted by Gasteiger charge is -2.38. The van der Waals surface area contributed by atoms with E-state index >= 15 is 0 Å². The smallest absolute Gasteiger partial charge is 0.293 e. The maximum atomic E-state index is 12.8. The fourth-order valence-electron chi connectivity index (χ4n) is 6.99. The minimum atomic E-state index is -0.448. The molecule has 0 spiro atoms. The van der Waals surface area contributed by atoms with Crippen molar-refractivity contribution in [2.24, 2.45) is 14.1 Å². The van der Waals surface area contributed by atoms with Crippen LogP contribution >= 0.6 is 11.6 Å². The number of anilines is 4. The average Bonchev–Trinajstić information content (AvgIpc) is 3.45. The van der Waals surface area contributed by atoms with Crippen molar-refractivity contribution in [2.75, 3.05) is 35.7 Å². The van der Waals surface area contributed by atoms with Crippen molar-refractivity contribution in [1.29, 1.82) is 0 Å². The number of fused-ring (bicyclic) bond motifs is 2. The molecule has 0 saturated carbocycles. The zero-order valence-electron chi connectivity index (χ0n) is 29.2. The van der Waals surface area contributed by atoms with Gasteiger partial charge in [-0.1, -0.05) is 11.6 Å². The Labute approximate surface area is 303 Å². The molecule has 16 heteroatoms. The quantitative estimate of drug-likeness (QED) is 0.163. The fourth-order valence-corrected chi connectivity index (χ4v) is 7.13. The number of likely N-dealkylation sites (N-methyl/N-ethyl adjacent to an activating group) is 1. The van der Waals surface area contributed by atoms with Gasteiger partial charge >= 0.3 is 0 Å². The number of aromatic nitrogens is 5. The van der Waals surface area contributed by atoms with Gasteiger partial charge in [0.2, 0.25) is 17.8 Å². The Hall–Kier alpha value is -5.70. The van der Waals surface area contributed by atoms with Gasteiger partial charge in [-0.2, -0.15) is 10.1 Å². The minimum absolute atomic E-state index is 0.0708. The van der Waals surface area contributed by atoms with E-state index in [0.29, 0.717) is 46.5 Å². The summed E-state index contributed by atoms with van der Waals surface area (Å²) in [4.78, 5) is 60.2. The van der Waals surface area contributed by atoms with Crippen molar-refractivity contribution in [3.05, 3.63) is 69.7 Å². The van der Waals surface area contributed by atoms with Crippen LogP contribution in [0.25, 0.3) is 21.8 Å². The number of benzene rings is 2. The summed E-state index contributed by atoms with van der Waals surface area (Å²) in [7, 11) is 5.02. The van der Waals surface area contributed by atoms with E-state index in [4.69, 9.17) is 21.3 Å². The molecule has 3 amide bonds. The fraction of sp³-hybridized carbons (Fsp3) is 0.361. The highest BCUT2D eigenvalue weighted by molar-refractivity contribution is 6.33. The van der Waals surface area contributed by atoms with Gasteiger partial charge in [-0.05, 0) is 68.7 Å². The molecule has 3 atom stereocenters. The first kappa shape index (κ1) is 34.7. The number of ether oxygens (including phenoxy) is 1. The monoisotopic (exact) mass is 726 g/mol. The molecule has 0 radical (unpaired) electrons. The van der Waals surface area contributed by atoms with Crippen LogP contribution < -0.4 is 36.5 Å². The molecule has 2 fully saturated rings. The van der Waals surface area contributed by atoms with Crippen molar-refractivity contribution in [1.82, 2.24) is 34.9 Å². The molecule has 5 aromatic rings. The van der Waals surface area contributed by atoms with E-state index < -0.39 is 5.92 Å². The van der Waals surface area contributed by atoms with E-state index in [1.165, 1.54) is 11.6 Å². The second-order valence-corrected chi connectivity index (χ2v) is 13.7. The first-order chi connectivity index (χ1) is 25.0. The molecule has 5 heterocycles. The van der Waals surface area contributed by atoms with Crippen molar-refractivity contribution >= 4 is 74.3 Å². The molecular formula is C36H39ClN10O5. The van der Waals surface area contributed by atoms with E-state index in [1.54, 1.807) is 24.0 Å². The molecule has 3 aromatic heterocycles. The average molecular weight is 727 g/mol. The van der Waals surface area contributed by atoms with Crippen molar-refractivity contribution in [3.63, 3.8) is 0 Å². The topological polar surface area (TPSA) is 177 Å². The Morgan fingerprint density at radius 2 is 1.87 bits per heavy atom. The predicted molar refractivity (Wildman–Crippen MR) is 198 cm³/mol. The Bertz CT molecular complexity index is 2290. The lowest BCUT2D eigenvalue weighted by atomic mass is 9.92. The Morgan fingerprint density at radius 1 is 1.06 bits per heavy atom. The lowest BCUT2D eigenvalue weighted by Crippen LogP contribution is -2.45. The third-order valence-corrected chi connectivity index (χ3v) is 10.1. The number of amides is 3. The van der Waals surface area contributed by atoms with Crippen LogP contribution in [0.2, 0.25) is 5.02 Å². The molecule has 7 rings (SSSR count). The molecular weight excluding hydrogens is 688 g/mol. The van der Waals surface area contributed by atoms with Crippen LogP contribution in [0.3, 0.4) is 0 Å². The molecule has 2 aliphatic rings. The van der Waals surface area contributed by atoms with E-state index in [0.717, 1.165) is 41.4 Å². The van der Waals surface area contributed by atoms with Crippen molar-refractivity contribution < 1.29 is 19.1 Å². The molecule has 3 unspecified atom stereocenters. The van der Waals surface area contributed by atoms with Crippen LogP contribution in [0, 0.1) is 0 Å². The number of rotatable bonds is 9. The summed E-state index contributed by atoms with van der Waals surface area (Å²) in [6.07, 6.45) is 4.03. The van der Waals surface area contributed by atoms with Gasteiger partial charge < -0.3 is 30.2 Å². The zero-order chi connectivity index (χ0) is 36.7. The number of nitrogens with zero attached hydrogens (tertiary/aromatic N) is 6. The lowest BCUT2D eigenvalue weighted by molar-refractivity contribution is -0.134. The maximum Gasteiger partial charge on any atom is 0.293 e. The highest BCUT2D eigenvalue weighted by atomic mass is 35.5. The number of aryl methyl sites for hydroxylation is 2. The number of hydrogen-bond donors (Lipinski definition) is 4. The first-order valence-corrected chi connectivity index (χ1v) is 17.5. The molecule has 52 heavy (non-hydrogen) atoms. The summed E-state index contributed by atoms with van der Waals surface area (Å²) >= 11 is 6.56. The number of hydrogen-bond acceptors (Lipinski definition) is 11. The highest BCUT2D eigenvalue weighted by Gasteiger charge is 2.32. The number of carbonyl (C=O) groups excluding carboxylic acids is 3. The van der Waals surface area contributed by atoms with Gasteiger partial charge in [-0.25, -0.2) is 4.98 Å². The van der Waals surface area contributed by atoms with Crippen LogP contribution in [0.15, 0.2) is 53.5 Å². The Morgan fingerprint density at radius 3 is 2.63 bits per heavy atom. The highest BCUT2D eigenvalue weighted by Crippen LogP contribution is 2.33. The van der Waals surface area contributed by atoms with Crippen LogP contribution in [-0.2, 0) is 28.5 Å². The number of piperidine rings is 2. The Kier molecular flexibility index (Phi) is 9.44. The molecule has 270 valence electrons. The van der Waals surface area contributed by atoms with E-state index in [2.05, 4.69) is 49.2 Å². The van der Waals surface area contributed by atoms with Gasteiger partial charge in [0.05, 0.1) is 28.8 Å². The molecule has 2 saturated heterocycles. The summed E-state index contributed by atoms with van der Waals surface area (Å²) in [5.74, 6) is -0.253. The summed E-state index contributed by atoms with van der Waals surface area (Å²) in [5.41, 5.74) is 3.61. The number of nitrogens with one attached hydrogen (secondary N) is 4. The predicted octanol–water partition coefficient (Wildman–Crippen LogP) is 3.73. The van der Waals surface area contributed by atoms with E-state index in [1.807, 2.05) is 37.4 Å². The summed E-state index contributed by atoms with van der Waals surface area (Å²) in [5, 5.41) is 18.5. The first-order valence-electron chi connectivity index (χ1n) is 17.1. The van der Waals surface area contributed by atoms with Crippen molar-refractivity contribution in [3.8, 4) is 5.75 Å². The summed E-state index contributed by atoms with van der Waals surface area (Å²) < 4.78 is 8.76. The minimum Gasteiger partial charge on any atom is -0.478 e. The van der Waals surface area contributed by atoms with Crippen LogP contribution in [-0.4, -0.2) is 74.3 Å². The number of pyridine rings is 1. The molecule has 0 aliphatic carbocycles. The van der Waals surface area contributed by atoms with Crippen molar-refractivity contribution in [2.45, 2.75) is 50.6 Å². The molecule has 2 aromatic carbocycles. The van der Waals surface area contributed by atoms with Gasteiger partial charge in [0.25, 0.3) is 11.5 Å². The van der Waals surface area contributed by atoms with Crippen LogP contribution in [0.1, 0.15) is 44.2 Å². The number of halogens is 1. The Balaban J connectivity index is 1.03. The number of imide groups is 1. The second kappa shape index (κ2) is 14.1. The largest absolute Gasteiger partial charge is 0.478 e. The molecule has 2 aliphatic heterocycles. The SMILES string of the molecule is CNC(=O)COc1cc2cc(Nc3nc(N4CCC(Nc5ccc6c(C7CCC(=O)NC7=O)nn(C)c6c5)CC4C)ncc3Cl)ccc2n(C)c1=O. The number of carbonyl (C=O) groups is 3. The standard InChI is InChI=1S/C36H39ClN10O5/c1-19-13-23(40-22-5-7-24-28(16-22)46(4)44-32(24)25-8-10-30(48)42-34(25)50)11-12-47(19)36-39-17-26(37)33(43-36)41-21-6-9-27-20(14-21)15-29(35(51)45(27)3)52-18-31(49)38-2/h5-7,9,14-17,19,23,25,40H,8,10-13,18H2,1-4H3,(H,38,49)(H,39,41,43)(H,42,48,50).